The van der Waals surface area contributed by atoms with Crippen LogP contribution in [0.3, 0.4) is 0 Å². The molecule has 0 radical (unpaired) electrons. The summed E-state index contributed by atoms with van der Waals surface area (Å²) in [5, 5.41) is 3.08. The Morgan fingerprint density at radius 3 is 2.24 bits per heavy atom. The van der Waals surface area contributed by atoms with Gasteiger partial charge in [0.05, 0.1) is 5.69 Å². The standard InChI is InChI=1S/C22H15ClN2/c23-19-10-11-20-18(12-19)13-25-14-21(24-22(20)25)17-8-6-16(7-9-17)15-4-2-1-3-5-15/h1-14,24H. The second-order valence-corrected chi connectivity index (χ2v) is 6.66. The second kappa shape index (κ2) is 5.54. The number of fused-ring (bicyclic) bond motifs is 3. The van der Waals surface area contributed by atoms with Gasteiger partial charge in [0.1, 0.15) is 5.65 Å². The van der Waals surface area contributed by atoms with Crippen LogP contribution in [0.25, 0.3) is 38.8 Å². The molecule has 0 saturated carbocycles. The maximum Gasteiger partial charge on any atom is 0.122 e. The molecule has 0 unspecified atom stereocenters. The van der Waals surface area contributed by atoms with Crippen molar-refractivity contribution in [3.63, 3.8) is 0 Å². The highest BCUT2D eigenvalue weighted by molar-refractivity contribution is 6.31. The van der Waals surface area contributed by atoms with Crippen LogP contribution in [0, 0.1) is 0 Å². The van der Waals surface area contributed by atoms with Crippen molar-refractivity contribution in [1.29, 1.82) is 0 Å². The number of nitrogens with zero attached hydrogens (tertiary/aromatic N) is 1. The molecule has 0 fully saturated rings. The lowest BCUT2D eigenvalue weighted by atomic mass is 10.0. The zero-order valence-electron chi connectivity index (χ0n) is 13.4. The van der Waals surface area contributed by atoms with Gasteiger partial charge in [-0.3, -0.25) is 0 Å². The first-order valence-electron chi connectivity index (χ1n) is 8.23. The smallest absolute Gasteiger partial charge is 0.122 e. The Bertz CT molecular complexity index is 1180. The highest BCUT2D eigenvalue weighted by Gasteiger charge is 2.09. The molecule has 5 aromatic rings. The van der Waals surface area contributed by atoms with Crippen molar-refractivity contribution in [2.24, 2.45) is 0 Å². The number of aromatic amines is 1. The summed E-state index contributed by atoms with van der Waals surface area (Å²) in [6.45, 7) is 0. The van der Waals surface area contributed by atoms with Gasteiger partial charge in [-0.15, -0.1) is 0 Å². The molecule has 0 aliphatic carbocycles. The Labute approximate surface area is 150 Å². The van der Waals surface area contributed by atoms with E-state index in [-0.39, 0.29) is 0 Å². The van der Waals surface area contributed by atoms with Gasteiger partial charge in [-0.25, -0.2) is 0 Å². The Morgan fingerprint density at radius 2 is 1.44 bits per heavy atom. The van der Waals surface area contributed by atoms with Crippen molar-refractivity contribution >= 4 is 28.0 Å². The summed E-state index contributed by atoms with van der Waals surface area (Å²) in [7, 11) is 0. The van der Waals surface area contributed by atoms with Crippen molar-refractivity contribution in [1.82, 2.24) is 9.38 Å². The van der Waals surface area contributed by atoms with Crippen molar-refractivity contribution in [3.8, 4) is 22.4 Å². The molecule has 0 aliphatic heterocycles. The molecular formula is C22H15ClN2. The zero-order chi connectivity index (χ0) is 16.8. The number of halogens is 1. The molecule has 1 N–H and O–H groups in total. The maximum absolute atomic E-state index is 6.09. The van der Waals surface area contributed by atoms with Crippen molar-refractivity contribution in [3.05, 3.63) is 90.2 Å². The minimum atomic E-state index is 0.762. The third-order valence-corrected chi connectivity index (χ3v) is 4.86. The normalized spacial score (nSPS) is 11.4. The minimum Gasteiger partial charge on any atom is -0.339 e. The minimum absolute atomic E-state index is 0.762. The van der Waals surface area contributed by atoms with E-state index in [1.54, 1.807) is 0 Å². The van der Waals surface area contributed by atoms with E-state index in [0.717, 1.165) is 21.7 Å². The number of hydrogen-bond acceptors (Lipinski definition) is 0. The highest BCUT2D eigenvalue weighted by atomic mass is 35.5. The summed E-state index contributed by atoms with van der Waals surface area (Å²) < 4.78 is 2.13. The Balaban J connectivity index is 1.56. The van der Waals surface area contributed by atoms with Gasteiger partial charge in [-0.2, -0.15) is 0 Å². The van der Waals surface area contributed by atoms with Crippen LogP contribution < -0.4 is 0 Å². The van der Waals surface area contributed by atoms with E-state index in [2.05, 4.69) is 76.4 Å². The van der Waals surface area contributed by atoms with Crippen LogP contribution in [0.15, 0.2) is 85.2 Å². The predicted molar refractivity (Wildman–Crippen MR) is 105 cm³/mol. The summed E-state index contributed by atoms with van der Waals surface area (Å²) in [5.41, 5.74) is 5.82. The van der Waals surface area contributed by atoms with Gasteiger partial charge in [0.25, 0.3) is 0 Å². The molecule has 0 bridgehead atoms. The molecule has 0 atom stereocenters. The largest absolute Gasteiger partial charge is 0.339 e. The lowest BCUT2D eigenvalue weighted by Crippen LogP contribution is -1.80. The Kier molecular flexibility index (Phi) is 3.19. The average Bonchev–Trinajstić information content (AvgIpc) is 3.20. The van der Waals surface area contributed by atoms with Crippen LogP contribution in [0.1, 0.15) is 0 Å². The molecule has 3 aromatic carbocycles. The average molecular weight is 343 g/mol. The SMILES string of the molecule is Clc1ccc2c(c1)cn1cc(-c3ccc(-c4ccccc4)cc3)[nH]c21. The van der Waals surface area contributed by atoms with Crippen molar-refractivity contribution in [2.45, 2.75) is 0 Å². The molecule has 0 spiro atoms. The monoisotopic (exact) mass is 342 g/mol. The fraction of sp³-hybridized carbons (Fsp3) is 0. The second-order valence-electron chi connectivity index (χ2n) is 6.23. The third-order valence-electron chi connectivity index (χ3n) is 4.63. The molecular weight excluding hydrogens is 328 g/mol. The van der Waals surface area contributed by atoms with Gasteiger partial charge in [0.15, 0.2) is 0 Å². The first-order chi connectivity index (χ1) is 12.3. The molecule has 2 heterocycles. The first-order valence-corrected chi connectivity index (χ1v) is 8.60. The van der Waals surface area contributed by atoms with Gasteiger partial charge in [0.2, 0.25) is 0 Å². The molecule has 2 nitrogen and oxygen atoms in total. The van der Waals surface area contributed by atoms with Crippen LogP contribution in [-0.4, -0.2) is 9.38 Å². The molecule has 0 saturated heterocycles. The Hall–Kier alpha value is -2.97. The summed E-state index contributed by atoms with van der Waals surface area (Å²) in [6, 6.07) is 25.1. The van der Waals surface area contributed by atoms with E-state index in [1.165, 1.54) is 22.1 Å². The predicted octanol–water partition coefficient (Wildman–Crippen LogP) is 6.41. The van der Waals surface area contributed by atoms with E-state index >= 15 is 0 Å². The molecule has 0 aliphatic rings. The van der Waals surface area contributed by atoms with Crippen LogP contribution in [0.2, 0.25) is 5.02 Å². The highest BCUT2D eigenvalue weighted by Crippen LogP contribution is 2.29. The number of hydrogen-bond donors (Lipinski definition) is 1. The van der Waals surface area contributed by atoms with Crippen LogP contribution >= 0.6 is 11.6 Å². The lowest BCUT2D eigenvalue weighted by molar-refractivity contribution is 1.24. The number of aromatic nitrogens is 2. The van der Waals surface area contributed by atoms with Crippen LogP contribution in [-0.2, 0) is 0 Å². The van der Waals surface area contributed by atoms with Crippen molar-refractivity contribution in [2.75, 3.05) is 0 Å². The van der Waals surface area contributed by atoms with E-state index in [0.29, 0.717) is 0 Å². The summed E-state index contributed by atoms with van der Waals surface area (Å²) in [5.74, 6) is 0. The molecule has 2 aromatic heterocycles. The van der Waals surface area contributed by atoms with Gasteiger partial charge < -0.3 is 9.38 Å². The maximum atomic E-state index is 6.09. The Morgan fingerprint density at radius 1 is 0.720 bits per heavy atom. The molecule has 3 heteroatoms. The first kappa shape index (κ1) is 14.4. The van der Waals surface area contributed by atoms with E-state index in [4.69, 9.17) is 11.6 Å². The quantitative estimate of drug-likeness (QED) is 0.382. The van der Waals surface area contributed by atoms with E-state index in [1.807, 2.05) is 18.2 Å². The summed E-state index contributed by atoms with van der Waals surface area (Å²) in [6.07, 6.45) is 4.23. The third kappa shape index (κ3) is 2.43. The number of imidazole rings is 1. The number of benzene rings is 3. The van der Waals surface area contributed by atoms with Crippen molar-refractivity contribution < 1.29 is 0 Å². The molecule has 25 heavy (non-hydrogen) atoms. The summed E-state index contributed by atoms with van der Waals surface area (Å²) in [4.78, 5) is 3.53. The number of rotatable bonds is 2. The topological polar surface area (TPSA) is 20.2 Å². The fourth-order valence-electron chi connectivity index (χ4n) is 3.36. The van der Waals surface area contributed by atoms with E-state index in [9.17, 15) is 0 Å². The summed E-state index contributed by atoms with van der Waals surface area (Å²) >= 11 is 6.09. The zero-order valence-corrected chi connectivity index (χ0v) is 14.2. The van der Waals surface area contributed by atoms with Gasteiger partial charge in [-0.05, 0) is 34.9 Å². The van der Waals surface area contributed by atoms with Gasteiger partial charge in [0, 0.05) is 28.2 Å². The lowest BCUT2D eigenvalue weighted by Gasteiger charge is -2.03. The van der Waals surface area contributed by atoms with Gasteiger partial charge >= 0.3 is 0 Å². The molecule has 120 valence electrons. The van der Waals surface area contributed by atoms with Crippen LogP contribution in [0.4, 0.5) is 0 Å². The van der Waals surface area contributed by atoms with Crippen LogP contribution in [0.5, 0.6) is 0 Å². The van der Waals surface area contributed by atoms with E-state index < -0.39 is 0 Å². The number of H-pyrrole nitrogens is 1. The molecule has 5 rings (SSSR count). The fourth-order valence-corrected chi connectivity index (χ4v) is 3.54. The number of nitrogens with one attached hydrogen (secondary N) is 1. The van der Waals surface area contributed by atoms with Gasteiger partial charge in [-0.1, -0.05) is 66.2 Å². The molecule has 0 amide bonds.